The molecule has 0 radical (unpaired) electrons. The van der Waals surface area contributed by atoms with Crippen molar-refractivity contribution in [3.63, 3.8) is 0 Å². The largest absolute Gasteiger partial charge is 0.493 e. The molecule has 0 unspecified atom stereocenters. The van der Waals surface area contributed by atoms with Crippen LogP contribution in [0.2, 0.25) is 0 Å². The predicted molar refractivity (Wildman–Crippen MR) is 56.3 cm³/mol. The van der Waals surface area contributed by atoms with Gasteiger partial charge in [-0.1, -0.05) is 0 Å². The summed E-state index contributed by atoms with van der Waals surface area (Å²) in [5.74, 6) is -0.640. The summed E-state index contributed by atoms with van der Waals surface area (Å²) in [6, 6.07) is 2.12. The van der Waals surface area contributed by atoms with Gasteiger partial charge in [0.05, 0.1) is 23.7 Å². The number of aldehydes is 1. The topological polar surface area (TPSA) is 95.7 Å². The highest BCUT2D eigenvalue weighted by atomic mass is 16.6. The van der Waals surface area contributed by atoms with Crippen LogP contribution in [0.5, 0.6) is 11.5 Å². The first-order valence-electron chi connectivity index (χ1n) is 4.49. The molecule has 1 aromatic rings. The summed E-state index contributed by atoms with van der Waals surface area (Å²) in [5.41, 5.74) is -0.597. The second kappa shape index (κ2) is 5.06. The van der Waals surface area contributed by atoms with Gasteiger partial charge < -0.3 is 9.47 Å². The lowest BCUT2D eigenvalue weighted by molar-refractivity contribution is -0.385. The summed E-state index contributed by atoms with van der Waals surface area (Å²) in [7, 11) is 1.27. The Hall–Kier alpha value is -2.44. The Morgan fingerprint density at radius 2 is 2.06 bits per heavy atom. The molecule has 0 aromatic heterocycles. The van der Waals surface area contributed by atoms with E-state index in [-0.39, 0.29) is 17.1 Å². The van der Waals surface area contributed by atoms with Gasteiger partial charge in [-0.15, -0.1) is 0 Å². The second-order valence-electron chi connectivity index (χ2n) is 3.03. The van der Waals surface area contributed by atoms with Gasteiger partial charge in [-0.05, 0) is 0 Å². The Morgan fingerprint density at radius 1 is 1.41 bits per heavy atom. The lowest BCUT2D eigenvalue weighted by Gasteiger charge is -2.08. The molecule has 0 N–H and O–H groups in total. The minimum Gasteiger partial charge on any atom is -0.493 e. The van der Waals surface area contributed by atoms with Crippen LogP contribution >= 0.6 is 0 Å². The second-order valence-corrected chi connectivity index (χ2v) is 3.03. The first-order valence-corrected chi connectivity index (χ1v) is 4.49. The zero-order chi connectivity index (χ0) is 13.0. The third kappa shape index (κ3) is 2.77. The van der Waals surface area contributed by atoms with Crippen LogP contribution in [0.4, 0.5) is 5.69 Å². The number of carbonyl (C=O) groups is 2. The fourth-order valence-electron chi connectivity index (χ4n) is 1.21. The van der Waals surface area contributed by atoms with Crippen LogP contribution in [0.3, 0.4) is 0 Å². The summed E-state index contributed by atoms with van der Waals surface area (Å²) in [6.45, 7) is 1.17. The van der Waals surface area contributed by atoms with Gasteiger partial charge in [0.2, 0.25) is 0 Å². The number of nitro groups is 1. The number of benzene rings is 1. The third-order valence-corrected chi connectivity index (χ3v) is 1.89. The monoisotopic (exact) mass is 239 g/mol. The van der Waals surface area contributed by atoms with Gasteiger partial charge >= 0.3 is 5.97 Å². The number of carbonyl (C=O) groups excluding carboxylic acids is 2. The van der Waals surface area contributed by atoms with Gasteiger partial charge in [0.15, 0.2) is 17.8 Å². The zero-order valence-electron chi connectivity index (χ0n) is 9.13. The Bertz CT molecular complexity index is 482. The summed E-state index contributed by atoms with van der Waals surface area (Å²) >= 11 is 0. The summed E-state index contributed by atoms with van der Waals surface area (Å²) in [4.78, 5) is 31.4. The Balaban J connectivity index is 3.37. The highest BCUT2D eigenvalue weighted by molar-refractivity contribution is 5.84. The van der Waals surface area contributed by atoms with Gasteiger partial charge in [0.1, 0.15) is 0 Å². The van der Waals surface area contributed by atoms with Crippen molar-refractivity contribution in [2.75, 3.05) is 7.11 Å². The first-order chi connectivity index (χ1) is 7.99. The van der Waals surface area contributed by atoms with E-state index in [1.54, 1.807) is 0 Å². The summed E-state index contributed by atoms with van der Waals surface area (Å²) in [6.07, 6.45) is 0.310. The lowest BCUT2D eigenvalue weighted by atomic mass is 10.1. The molecule has 0 aliphatic carbocycles. The standard InChI is InChI=1S/C10H9NO6/c1-6(13)17-10-3-7(5-12)8(11(14)15)4-9(10)16-2/h3-5H,1-2H3. The van der Waals surface area contributed by atoms with Crippen molar-refractivity contribution in [1.29, 1.82) is 0 Å². The van der Waals surface area contributed by atoms with Gasteiger partial charge in [-0.25, -0.2) is 0 Å². The van der Waals surface area contributed by atoms with Crippen molar-refractivity contribution < 1.29 is 24.0 Å². The number of esters is 1. The van der Waals surface area contributed by atoms with E-state index < -0.39 is 16.6 Å². The van der Waals surface area contributed by atoms with Crippen molar-refractivity contribution in [2.45, 2.75) is 6.92 Å². The third-order valence-electron chi connectivity index (χ3n) is 1.89. The van der Waals surface area contributed by atoms with Crippen LogP contribution in [0.1, 0.15) is 17.3 Å². The van der Waals surface area contributed by atoms with E-state index >= 15 is 0 Å². The average molecular weight is 239 g/mol. The van der Waals surface area contributed by atoms with Crippen molar-refractivity contribution in [3.8, 4) is 11.5 Å². The molecule has 0 fully saturated rings. The van der Waals surface area contributed by atoms with Crippen molar-refractivity contribution in [1.82, 2.24) is 0 Å². The normalized spacial score (nSPS) is 9.53. The Kier molecular flexibility index (Phi) is 3.76. The number of nitro benzene ring substituents is 1. The van der Waals surface area contributed by atoms with Gasteiger partial charge in [-0.3, -0.25) is 19.7 Å². The SMILES string of the molecule is COc1cc([N+](=O)[O-])c(C=O)cc1OC(C)=O. The summed E-state index contributed by atoms with van der Waals surface area (Å²) in [5, 5.41) is 10.7. The van der Waals surface area contributed by atoms with E-state index in [1.807, 2.05) is 0 Å². The minimum atomic E-state index is -0.718. The van der Waals surface area contributed by atoms with E-state index in [9.17, 15) is 19.7 Å². The molecule has 0 aliphatic heterocycles. The van der Waals surface area contributed by atoms with Crippen LogP contribution in [0, 0.1) is 10.1 Å². The molecule has 0 saturated heterocycles. The molecular weight excluding hydrogens is 230 g/mol. The van der Waals surface area contributed by atoms with Crippen molar-refractivity contribution in [3.05, 3.63) is 27.8 Å². The van der Waals surface area contributed by atoms with Gasteiger partial charge in [0, 0.05) is 13.0 Å². The van der Waals surface area contributed by atoms with E-state index in [4.69, 9.17) is 9.47 Å². The van der Waals surface area contributed by atoms with E-state index in [0.717, 1.165) is 12.1 Å². The molecule has 17 heavy (non-hydrogen) atoms. The maximum absolute atomic E-state index is 10.8. The number of nitrogens with zero attached hydrogens (tertiary/aromatic N) is 1. The average Bonchev–Trinajstić information content (AvgIpc) is 2.27. The molecule has 7 nitrogen and oxygen atoms in total. The number of hydrogen-bond donors (Lipinski definition) is 0. The van der Waals surface area contributed by atoms with Crippen LogP contribution in [-0.2, 0) is 4.79 Å². The Labute approximate surface area is 96.1 Å². The predicted octanol–water partition coefficient (Wildman–Crippen LogP) is 1.34. The lowest BCUT2D eigenvalue weighted by Crippen LogP contribution is -2.05. The van der Waals surface area contributed by atoms with Crippen molar-refractivity contribution in [2.24, 2.45) is 0 Å². The zero-order valence-corrected chi connectivity index (χ0v) is 9.13. The molecule has 0 spiro atoms. The van der Waals surface area contributed by atoms with E-state index in [1.165, 1.54) is 14.0 Å². The summed E-state index contributed by atoms with van der Waals surface area (Å²) < 4.78 is 9.61. The molecule has 1 aromatic carbocycles. The van der Waals surface area contributed by atoms with Gasteiger partial charge in [0.25, 0.3) is 5.69 Å². The van der Waals surface area contributed by atoms with E-state index in [2.05, 4.69) is 0 Å². The molecule has 1 rings (SSSR count). The van der Waals surface area contributed by atoms with E-state index in [0.29, 0.717) is 6.29 Å². The number of ether oxygens (including phenoxy) is 2. The number of methoxy groups -OCH3 is 1. The molecule has 0 aliphatic rings. The fourth-order valence-corrected chi connectivity index (χ4v) is 1.21. The maximum Gasteiger partial charge on any atom is 0.308 e. The number of hydrogen-bond acceptors (Lipinski definition) is 6. The fraction of sp³-hybridized carbons (Fsp3) is 0.200. The highest BCUT2D eigenvalue weighted by Crippen LogP contribution is 2.33. The molecule has 0 bridgehead atoms. The minimum absolute atomic E-state index is 0.0116. The molecule has 0 heterocycles. The molecular formula is C10H9NO6. The van der Waals surface area contributed by atoms with Crippen molar-refractivity contribution >= 4 is 17.9 Å². The van der Waals surface area contributed by atoms with Crippen LogP contribution in [0.25, 0.3) is 0 Å². The maximum atomic E-state index is 10.8. The van der Waals surface area contributed by atoms with Crippen LogP contribution < -0.4 is 9.47 Å². The Morgan fingerprint density at radius 3 is 2.47 bits per heavy atom. The number of rotatable bonds is 4. The quantitative estimate of drug-likeness (QED) is 0.258. The first kappa shape index (κ1) is 12.6. The molecule has 0 saturated carbocycles. The molecule has 90 valence electrons. The smallest absolute Gasteiger partial charge is 0.308 e. The van der Waals surface area contributed by atoms with Crippen LogP contribution in [-0.4, -0.2) is 24.3 Å². The van der Waals surface area contributed by atoms with Gasteiger partial charge in [-0.2, -0.15) is 0 Å². The molecule has 0 atom stereocenters. The highest BCUT2D eigenvalue weighted by Gasteiger charge is 2.20. The van der Waals surface area contributed by atoms with Crippen LogP contribution in [0.15, 0.2) is 12.1 Å². The molecule has 0 amide bonds. The molecule has 7 heteroatoms.